The van der Waals surface area contributed by atoms with Crippen molar-refractivity contribution in [3.05, 3.63) is 334 Å². The van der Waals surface area contributed by atoms with Gasteiger partial charge in [0.1, 0.15) is 0 Å². The third-order valence-corrected chi connectivity index (χ3v) is 21.7. The van der Waals surface area contributed by atoms with Gasteiger partial charge in [0, 0.05) is 67.4 Å². The zero-order valence-corrected chi connectivity index (χ0v) is 61.8. The molecule has 0 saturated carbocycles. The lowest BCUT2D eigenvalue weighted by Crippen LogP contribution is -2.61. The van der Waals surface area contributed by atoms with Gasteiger partial charge >= 0.3 is 0 Å². The fourth-order valence-electron chi connectivity index (χ4n) is 16.1. The second-order valence-electron chi connectivity index (χ2n) is 33.5. The minimum absolute atomic E-state index is 0.0591. The number of hydrogen-bond donors (Lipinski definition) is 0. The van der Waals surface area contributed by atoms with E-state index in [2.05, 4.69) is 149 Å². The van der Waals surface area contributed by atoms with Gasteiger partial charge in [0.05, 0.1) is 48.5 Å². The molecule has 14 aromatic rings. The van der Waals surface area contributed by atoms with E-state index >= 15 is 0 Å². The Morgan fingerprint density at radius 3 is 1.17 bits per heavy atom. The number of rotatable bonds is 8. The third-order valence-electron chi connectivity index (χ3n) is 21.7. The fraction of sp³-hybridized carbons (Fsp3) is 0.220. The maximum absolute atomic E-state index is 10.3. The Hall–Kier alpha value is -10.7. The average molecular weight is 1370 g/mol. The van der Waals surface area contributed by atoms with Crippen molar-refractivity contribution in [3.8, 4) is 50.2 Å². The minimum atomic E-state index is -0.898. The third kappa shape index (κ3) is 11.3. The van der Waals surface area contributed by atoms with Crippen molar-refractivity contribution >= 4 is 79.0 Å². The molecule has 0 N–H and O–H groups in total. The first-order valence-electron chi connectivity index (χ1n) is 45.6. The zero-order chi connectivity index (χ0) is 88.6. The van der Waals surface area contributed by atoms with Gasteiger partial charge in [0.15, 0.2) is 0 Å². The van der Waals surface area contributed by atoms with Gasteiger partial charge in [-0.05, 0) is 207 Å². The van der Waals surface area contributed by atoms with Crippen molar-refractivity contribution < 1.29 is 26.0 Å². The Balaban J connectivity index is 1.14. The predicted molar refractivity (Wildman–Crippen MR) is 447 cm³/mol. The monoisotopic (exact) mass is 1370 g/mol. The number of anilines is 6. The molecule has 104 heavy (non-hydrogen) atoms. The van der Waals surface area contributed by atoms with Crippen LogP contribution in [-0.4, -0.2) is 11.3 Å². The molecule has 0 unspecified atom stereocenters. The summed E-state index contributed by atoms with van der Waals surface area (Å²) < 4.78 is 188. The quantitative estimate of drug-likeness (QED) is 0.141. The van der Waals surface area contributed by atoms with E-state index in [4.69, 9.17) is 4.11 Å². The highest BCUT2D eigenvalue weighted by atomic mass is 15.2. The molecule has 13 aromatic carbocycles. The summed E-state index contributed by atoms with van der Waals surface area (Å²) in [5, 5.41) is 2.00. The van der Waals surface area contributed by atoms with Crippen LogP contribution < -0.4 is 26.2 Å². The molecule has 17 rings (SSSR count). The molecule has 2 aliphatic heterocycles. The average Bonchev–Trinajstić information content (AvgIpc) is 0.766. The van der Waals surface area contributed by atoms with Crippen LogP contribution >= 0.6 is 0 Å². The van der Waals surface area contributed by atoms with E-state index in [9.17, 15) is 21.9 Å². The van der Waals surface area contributed by atoms with Gasteiger partial charge in [-0.25, -0.2) is 0 Å². The first-order chi connectivity index (χ1) is 57.6. The van der Waals surface area contributed by atoms with E-state index in [1.165, 1.54) is 0 Å². The number of nitrogens with zero attached hydrogens (tertiary/aromatic N) is 3. The lowest BCUT2D eigenvalue weighted by molar-refractivity contribution is 0.590. The van der Waals surface area contributed by atoms with Gasteiger partial charge in [-0.1, -0.05) is 304 Å². The van der Waals surface area contributed by atoms with E-state index in [0.717, 1.165) is 66.8 Å². The second-order valence-corrected chi connectivity index (χ2v) is 33.5. The molecular formula is C100H94BN3. The molecule has 3 heterocycles. The molecule has 0 radical (unpaired) electrons. The molecule has 1 aromatic heterocycles. The van der Waals surface area contributed by atoms with Crippen molar-refractivity contribution in [1.82, 2.24) is 4.57 Å². The SMILES string of the molecule is [2H]c1cc([2H])c([2H])c(-c2cc(C(C)(C)C)cc(-c3c([2H])c([2H])c([2H])c([2H])c3[2H])c2N2c3cc(-n4c5ccc(C(C)(C)C)cc5c5cc(C(C)(C)C)ccc54)ccc3B3c4cc(C5c6ccccc6Cc6ccccc65)ccc4N(c4c(-c5c([2H])c([2H])c([2H])c([2H])c5[2H])cc(C(C)(C)C)cc4-c4c([2H])c([2H])c([2H])c([2H])c4[2H])c4cc(C(C)(C)C)cc2c43)c1[2H]. The van der Waals surface area contributed by atoms with Gasteiger partial charge in [-0.3, -0.25) is 0 Å². The lowest BCUT2D eigenvalue weighted by Gasteiger charge is -2.47. The molecule has 0 bridgehead atoms. The Morgan fingerprint density at radius 2 is 0.740 bits per heavy atom. The van der Waals surface area contributed by atoms with Crippen molar-refractivity contribution in [2.24, 2.45) is 0 Å². The summed E-state index contributed by atoms with van der Waals surface area (Å²) in [5.74, 6) is -0.394. The number of hydrogen-bond acceptors (Lipinski definition) is 2. The largest absolute Gasteiger partial charge is 0.310 e. The van der Waals surface area contributed by atoms with Crippen LogP contribution in [0.3, 0.4) is 0 Å². The van der Waals surface area contributed by atoms with Gasteiger partial charge in [0.2, 0.25) is 0 Å². The highest BCUT2D eigenvalue weighted by Gasteiger charge is 2.47. The summed E-state index contributed by atoms with van der Waals surface area (Å²) >= 11 is 0. The molecule has 0 saturated heterocycles. The first-order valence-corrected chi connectivity index (χ1v) is 36.1. The van der Waals surface area contributed by atoms with E-state index in [1.807, 2.05) is 115 Å². The molecule has 4 heteroatoms. The lowest BCUT2D eigenvalue weighted by atomic mass is 9.33. The second kappa shape index (κ2) is 24.5. The summed E-state index contributed by atoms with van der Waals surface area (Å²) in [6.07, 6.45) is 0.664. The molecule has 3 nitrogen and oxygen atoms in total. The van der Waals surface area contributed by atoms with E-state index in [0.29, 0.717) is 67.9 Å². The number of aromatic nitrogens is 1. The Labute approximate surface area is 644 Å². The molecule has 0 atom stereocenters. The van der Waals surface area contributed by atoms with Gasteiger partial charge in [-0.15, -0.1) is 0 Å². The van der Waals surface area contributed by atoms with Crippen LogP contribution in [0.5, 0.6) is 0 Å². The zero-order valence-electron chi connectivity index (χ0n) is 80.8. The summed E-state index contributed by atoms with van der Waals surface area (Å²) in [5.41, 5.74) is 11.9. The number of fused-ring (bicyclic) bond motifs is 9. The normalized spacial score (nSPS) is 16.3. The van der Waals surface area contributed by atoms with E-state index in [-0.39, 0.29) is 78.8 Å². The summed E-state index contributed by atoms with van der Waals surface area (Å²) in [6, 6.07) is 44.4. The number of benzene rings is 13. The van der Waals surface area contributed by atoms with Crippen LogP contribution in [0.1, 0.15) is 191 Å². The summed E-state index contributed by atoms with van der Waals surface area (Å²) in [4.78, 5) is 3.98. The van der Waals surface area contributed by atoms with Crippen LogP contribution in [0.25, 0.3) is 72.0 Å². The summed E-state index contributed by atoms with van der Waals surface area (Å²) in [7, 11) is 0. The van der Waals surface area contributed by atoms with Crippen molar-refractivity contribution in [2.45, 2.75) is 143 Å². The molecule has 512 valence electrons. The fourth-order valence-corrected chi connectivity index (χ4v) is 16.1. The molecule has 3 aliphatic rings. The van der Waals surface area contributed by atoms with Crippen molar-refractivity contribution in [1.29, 1.82) is 0 Å². The topological polar surface area (TPSA) is 11.4 Å². The maximum atomic E-state index is 10.3. The Morgan fingerprint density at radius 1 is 0.337 bits per heavy atom. The van der Waals surface area contributed by atoms with Crippen LogP contribution in [0.2, 0.25) is 0 Å². The van der Waals surface area contributed by atoms with E-state index in [1.54, 1.807) is 12.1 Å². The molecule has 0 fully saturated rings. The van der Waals surface area contributed by atoms with E-state index < -0.39 is 132 Å². The Bertz CT molecular complexity index is 6650. The van der Waals surface area contributed by atoms with Crippen molar-refractivity contribution in [3.63, 3.8) is 0 Å². The smallest absolute Gasteiger partial charge is 0.252 e. The molecule has 0 spiro atoms. The minimum Gasteiger partial charge on any atom is -0.310 e. The molecular weight excluding hydrogens is 1250 g/mol. The van der Waals surface area contributed by atoms with Crippen LogP contribution in [-0.2, 0) is 33.5 Å². The van der Waals surface area contributed by atoms with Crippen LogP contribution in [0, 0.1) is 0 Å². The van der Waals surface area contributed by atoms with Gasteiger partial charge < -0.3 is 14.4 Å². The van der Waals surface area contributed by atoms with Crippen LogP contribution in [0.4, 0.5) is 34.1 Å². The maximum Gasteiger partial charge on any atom is 0.252 e. The first kappa shape index (κ1) is 48.3. The molecule has 0 amide bonds. The van der Waals surface area contributed by atoms with Gasteiger partial charge in [0.25, 0.3) is 6.71 Å². The highest BCUT2D eigenvalue weighted by molar-refractivity contribution is 7.00. The van der Waals surface area contributed by atoms with Crippen molar-refractivity contribution in [2.75, 3.05) is 9.80 Å². The predicted octanol–water partition coefficient (Wildman–Crippen LogP) is 25.1. The highest BCUT2D eigenvalue weighted by Crippen LogP contribution is 2.56. The van der Waals surface area contributed by atoms with Gasteiger partial charge in [-0.2, -0.15) is 0 Å². The molecule has 1 aliphatic carbocycles. The Kier molecular flexibility index (Phi) is 11.4. The standard InChI is InChI=1S/C100H94BN3/c1-96(2,3)70-45-50-86-82(54-70)83-55-71(97(4,5)6)46-51-87(83)102(86)75-47-48-84-89(62-75)104(95-80(65-36-24-18-25-37-65)58-73(99(10,11)12)59-81(95)66-38-26-19-27-39-66)91-61-74(100(13,14)15)60-90-93(91)101(84)85-53-69(92-76-42-30-28-40-67(76)52-68-41-29-31-43-77(68)92)44-49-88(85)103(90)94-78(63-32-20-16-21-33-63)56-72(98(7,8)9)57-79(94)64-34-22-17-23-35-64/h16-51,53-62,92H,52H2,1-15H3/i16D,17D,18D,20D,21D,22D,23D,24D,25D,26D,27D,32D,33D,34D,35D,36D,37D,38D,39D. The summed E-state index contributed by atoms with van der Waals surface area (Å²) in [6.45, 7) is 30.1. The van der Waals surface area contributed by atoms with Crippen LogP contribution in [0.15, 0.2) is 279 Å².